The van der Waals surface area contributed by atoms with Crippen LogP contribution in [0, 0.1) is 5.92 Å². The molecule has 2 rings (SSSR count). The van der Waals surface area contributed by atoms with E-state index in [1.54, 1.807) is 0 Å². The maximum atomic E-state index is 11.2. The highest BCUT2D eigenvalue weighted by molar-refractivity contribution is 7.85. The van der Waals surface area contributed by atoms with Gasteiger partial charge in [0.1, 0.15) is 0 Å². The Hall–Kier alpha value is 0.0700. The van der Waals surface area contributed by atoms with Crippen molar-refractivity contribution in [1.82, 2.24) is 4.90 Å². The first kappa shape index (κ1) is 11.6. The summed E-state index contributed by atoms with van der Waals surface area (Å²) in [5.41, 5.74) is 0. The molecule has 1 saturated heterocycles. The highest BCUT2D eigenvalue weighted by Gasteiger charge is 2.26. The molecule has 2 unspecified atom stereocenters. The van der Waals surface area contributed by atoms with Gasteiger partial charge in [0.15, 0.2) is 0 Å². The van der Waals surface area contributed by atoms with Crippen molar-refractivity contribution in [2.75, 3.05) is 31.1 Å². The summed E-state index contributed by atoms with van der Waals surface area (Å²) in [7, 11) is -0.580. The van der Waals surface area contributed by atoms with Gasteiger partial charge in [0.05, 0.1) is 6.10 Å². The number of rotatable bonds is 2. The standard InChI is InChI=1S/C11H21NO2S/c13-11-4-2-1-3-10(11)9-12-5-7-15(14)8-6-12/h10-11,13H,1-9H2. The number of hydrogen-bond donors (Lipinski definition) is 1. The minimum absolute atomic E-state index is 0.0915. The number of hydrogen-bond acceptors (Lipinski definition) is 3. The van der Waals surface area contributed by atoms with E-state index < -0.39 is 10.8 Å². The summed E-state index contributed by atoms with van der Waals surface area (Å²) in [5.74, 6) is 2.11. The van der Waals surface area contributed by atoms with Gasteiger partial charge in [0, 0.05) is 41.9 Å². The summed E-state index contributed by atoms with van der Waals surface area (Å²) in [6, 6.07) is 0. The summed E-state index contributed by atoms with van der Waals surface area (Å²) in [6.45, 7) is 2.92. The molecule has 4 heteroatoms. The summed E-state index contributed by atoms with van der Waals surface area (Å²) in [5, 5.41) is 9.86. The first-order valence-corrected chi connectivity index (χ1v) is 7.50. The summed E-state index contributed by atoms with van der Waals surface area (Å²) in [4.78, 5) is 2.38. The Morgan fingerprint density at radius 1 is 1.20 bits per heavy atom. The fourth-order valence-corrected chi connectivity index (χ4v) is 3.72. The van der Waals surface area contributed by atoms with E-state index in [0.717, 1.165) is 37.6 Å². The van der Waals surface area contributed by atoms with Crippen molar-refractivity contribution in [3.8, 4) is 0 Å². The Bertz CT molecular complexity index is 225. The highest BCUT2D eigenvalue weighted by atomic mass is 32.2. The van der Waals surface area contributed by atoms with Crippen LogP contribution in [0.15, 0.2) is 0 Å². The number of nitrogens with zero attached hydrogens (tertiary/aromatic N) is 1. The van der Waals surface area contributed by atoms with Gasteiger partial charge in [0.2, 0.25) is 0 Å². The molecule has 1 heterocycles. The van der Waals surface area contributed by atoms with E-state index in [0.29, 0.717) is 5.92 Å². The van der Waals surface area contributed by atoms with Gasteiger partial charge in [-0.15, -0.1) is 0 Å². The normalized spacial score (nSPS) is 35.5. The van der Waals surface area contributed by atoms with Crippen molar-refractivity contribution < 1.29 is 9.32 Å². The first-order valence-electron chi connectivity index (χ1n) is 6.01. The lowest BCUT2D eigenvalue weighted by Gasteiger charge is -2.34. The zero-order valence-electron chi connectivity index (χ0n) is 9.23. The summed E-state index contributed by atoms with van der Waals surface area (Å²) < 4.78 is 11.2. The van der Waals surface area contributed by atoms with Gasteiger partial charge in [-0.1, -0.05) is 12.8 Å². The zero-order valence-corrected chi connectivity index (χ0v) is 10.0. The molecule has 88 valence electrons. The molecule has 0 aromatic rings. The average Bonchev–Trinajstić information content (AvgIpc) is 2.25. The second-order valence-corrected chi connectivity index (χ2v) is 6.46. The molecule has 1 aliphatic heterocycles. The van der Waals surface area contributed by atoms with Gasteiger partial charge in [-0.2, -0.15) is 0 Å². The maximum Gasteiger partial charge on any atom is 0.0580 e. The smallest absolute Gasteiger partial charge is 0.0580 e. The van der Waals surface area contributed by atoms with Crippen molar-refractivity contribution in [2.45, 2.75) is 31.8 Å². The molecule has 0 bridgehead atoms. The minimum Gasteiger partial charge on any atom is -0.393 e. The number of aliphatic hydroxyl groups excluding tert-OH is 1. The molecule has 2 fully saturated rings. The maximum absolute atomic E-state index is 11.2. The summed E-state index contributed by atoms with van der Waals surface area (Å²) in [6.07, 6.45) is 4.50. The Balaban J connectivity index is 1.78. The van der Waals surface area contributed by atoms with Gasteiger partial charge in [-0.25, -0.2) is 0 Å². The lowest BCUT2D eigenvalue weighted by atomic mass is 9.86. The van der Waals surface area contributed by atoms with Crippen LogP contribution in [0.1, 0.15) is 25.7 Å². The molecular weight excluding hydrogens is 210 g/mol. The predicted octanol–water partition coefficient (Wildman–Crippen LogP) is 0.602. The van der Waals surface area contributed by atoms with Crippen LogP contribution in [-0.4, -0.2) is 51.5 Å². The fourth-order valence-electron chi connectivity index (χ4n) is 2.59. The van der Waals surface area contributed by atoms with Crippen LogP contribution < -0.4 is 0 Å². The lowest BCUT2D eigenvalue weighted by molar-refractivity contribution is 0.0483. The van der Waals surface area contributed by atoms with Crippen LogP contribution in [0.25, 0.3) is 0 Å². The molecule has 0 aromatic carbocycles. The third-order valence-electron chi connectivity index (χ3n) is 3.63. The zero-order chi connectivity index (χ0) is 10.7. The van der Waals surface area contributed by atoms with Gasteiger partial charge in [-0.3, -0.25) is 4.21 Å². The number of aliphatic hydroxyl groups is 1. The monoisotopic (exact) mass is 231 g/mol. The van der Waals surface area contributed by atoms with Crippen LogP contribution in [0.4, 0.5) is 0 Å². The van der Waals surface area contributed by atoms with Crippen molar-refractivity contribution in [2.24, 2.45) is 5.92 Å². The van der Waals surface area contributed by atoms with Gasteiger partial charge in [0.25, 0.3) is 0 Å². The van der Waals surface area contributed by atoms with E-state index in [2.05, 4.69) is 4.90 Å². The Morgan fingerprint density at radius 3 is 2.53 bits per heavy atom. The van der Waals surface area contributed by atoms with Crippen LogP contribution >= 0.6 is 0 Å². The Morgan fingerprint density at radius 2 is 1.87 bits per heavy atom. The Kier molecular flexibility index (Phi) is 4.17. The van der Waals surface area contributed by atoms with E-state index in [1.807, 2.05) is 0 Å². The molecule has 3 nitrogen and oxygen atoms in total. The van der Waals surface area contributed by atoms with Crippen molar-refractivity contribution in [3.63, 3.8) is 0 Å². The molecule has 0 spiro atoms. The van der Waals surface area contributed by atoms with E-state index in [1.165, 1.54) is 19.3 Å². The fraction of sp³-hybridized carbons (Fsp3) is 1.00. The molecule has 1 N–H and O–H groups in total. The van der Waals surface area contributed by atoms with Crippen molar-refractivity contribution >= 4 is 10.8 Å². The van der Waals surface area contributed by atoms with Crippen LogP contribution in [0.5, 0.6) is 0 Å². The van der Waals surface area contributed by atoms with Gasteiger partial charge in [-0.05, 0) is 18.8 Å². The van der Waals surface area contributed by atoms with E-state index >= 15 is 0 Å². The van der Waals surface area contributed by atoms with Crippen molar-refractivity contribution in [3.05, 3.63) is 0 Å². The molecule has 2 atom stereocenters. The molecule has 0 radical (unpaired) electrons. The molecule has 0 aromatic heterocycles. The van der Waals surface area contributed by atoms with Crippen LogP contribution in [0.3, 0.4) is 0 Å². The summed E-state index contributed by atoms with van der Waals surface area (Å²) >= 11 is 0. The second-order valence-electron chi connectivity index (χ2n) is 4.76. The minimum atomic E-state index is -0.580. The van der Waals surface area contributed by atoms with Crippen LogP contribution in [0.2, 0.25) is 0 Å². The third-order valence-corrected chi connectivity index (χ3v) is 4.91. The second kappa shape index (κ2) is 5.41. The molecular formula is C11H21NO2S. The SMILES string of the molecule is O=S1CCN(CC2CCCCC2O)CC1. The van der Waals surface area contributed by atoms with E-state index in [9.17, 15) is 9.32 Å². The average molecular weight is 231 g/mol. The van der Waals surface area contributed by atoms with Gasteiger partial charge >= 0.3 is 0 Å². The first-order chi connectivity index (χ1) is 7.25. The lowest BCUT2D eigenvalue weighted by Crippen LogP contribution is -2.43. The molecule has 0 amide bonds. The van der Waals surface area contributed by atoms with E-state index in [-0.39, 0.29) is 6.10 Å². The molecule has 2 aliphatic rings. The van der Waals surface area contributed by atoms with Crippen molar-refractivity contribution in [1.29, 1.82) is 0 Å². The third kappa shape index (κ3) is 3.26. The topological polar surface area (TPSA) is 40.5 Å². The van der Waals surface area contributed by atoms with E-state index in [4.69, 9.17) is 0 Å². The molecule has 1 saturated carbocycles. The Labute approximate surface area is 94.3 Å². The quantitative estimate of drug-likeness (QED) is 0.756. The van der Waals surface area contributed by atoms with Gasteiger partial charge < -0.3 is 10.0 Å². The molecule has 15 heavy (non-hydrogen) atoms. The molecule has 1 aliphatic carbocycles. The highest BCUT2D eigenvalue weighted by Crippen LogP contribution is 2.25. The van der Waals surface area contributed by atoms with Crippen LogP contribution in [-0.2, 0) is 10.8 Å². The predicted molar refractivity (Wildman–Crippen MR) is 62.3 cm³/mol. The largest absolute Gasteiger partial charge is 0.393 e.